The molecule has 0 aliphatic carbocycles. The minimum absolute atomic E-state index is 0.00138. The lowest BCUT2D eigenvalue weighted by Gasteiger charge is -2.49. The van der Waals surface area contributed by atoms with Gasteiger partial charge >= 0.3 is 0 Å². The van der Waals surface area contributed by atoms with E-state index in [1.807, 2.05) is 85.7 Å². The van der Waals surface area contributed by atoms with E-state index in [0.717, 1.165) is 154 Å². The van der Waals surface area contributed by atoms with Crippen molar-refractivity contribution in [2.24, 2.45) is 25.9 Å². The molecule has 6 aliphatic heterocycles. The summed E-state index contributed by atoms with van der Waals surface area (Å²) in [6.07, 6.45) is 18.5. The molecule has 0 spiro atoms. The second kappa shape index (κ2) is 34.9. The molecule has 30 heteroatoms. The number of rotatable bonds is 12. The number of carbonyl (C=O) groups excluding carboxylic acids is 1. The van der Waals surface area contributed by atoms with E-state index in [2.05, 4.69) is 75.5 Å². The van der Waals surface area contributed by atoms with Crippen LogP contribution in [-0.4, -0.2) is 205 Å². The fraction of sp³-hybridized carbons (Fsp3) is 0.333. The van der Waals surface area contributed by atoms with Gasteiger partial charge in [-0.1, -0.05) is 59.2 Å². The molecule has 0 saturated carbocycles. The lowest BCUT2D eigenvalue weighted by Crippen LogP contribution is -2.61. The molecule has 6 aromatic heterocycles. The molecular weight excluding hydrogens is 1460 g/mol. The highest BCUT2D eigenvalue weighted by atomic mass is 32.2. The third kappa shape index (κ3) is 17.4. The number of thioether (sulfide) groups is 4. The maximum atomic E-state index is 14.1. The van der Waals surface area contributed by atoms with Gasteiger partial charge in [0.25, 0.3) is 0 Å². The van der Waals surface area contributed by atoms with Gasteiger partial charge in [-0.2, -0.15) is 0 Å². The minimum Gasteiger partial charge on any atom is -0.485 e. The summed E-state index contributed by atoms with van der Waals surface area (Å²) < 4.78 is 84.5. The van der Waals surface area contributed by atoms with Crippen molar-refractivity contribution < 1.29 is 46.0 Å². The van der Waals surface area contributed by atoms with Crippen LogP contribution in [0.15, 0.2) is 178 Å². The number of aromatic nitrogens is 7. The number of imidazole rings is 1. The Hall–Kier alpha value is -10.0. The molecule has 0 amide bonds. The first-order valence-corrected chi connectivity index (χ1v) is 39.8. The van der Waals surface area contributed by atoms with Crippen LogP contribution in [0.2, 0.25) is 0 Å². The van der Waals surface area contributed by atoms with E-state index in [1.54, 1.807) is 143 Å². The summed E-state index contributed by atoms with van der Waals surface area (Å²) in [5, 5.41) is 4.73. The highest BCUT2D eigenvalue weighted by Crippen LogP contribution is 2.42. The number of hydrogen-bond donors (Lipinski definition) is 0. The molecule has 16 rings (SSSR count). The number of fused-ring (bicyclic) bond motifs is 4. The summed E-state index contributed by atoms with van der Waals surface area (Å²) in [6, 6.07) is 37.4. The number of benzene rings is 4. The zero-order valence-corrected chi connectivity index (χ0v) is 64.4. The van der Waals surface area contributed by atoms with E-state index in [0.29, 0.717) is 52.9 Å². The quantitative estimate of drug-likeness (QED) is 0.0634. The highest BCUT2D eigenvalue weighted by molar-refractivity contribution is 8.14. The summed E-state index contributed by atoms with van der Waals surface area (Å²) in [7, 11) is 6.36. The van der Waals surface area contributed by atoms with Gasteiger partial charge in [0.1, 0.15) is 35.6 Å². The van der Waals surface area contributed by atoms with Crippen LogP contribution in [0.25, 0.3) is 21.9 Å². The van der Waals surface area contributed by atoms with Crippen LogP contribution < -0.4 is 28.6 Å². The van der Waals surface area contributed by atoms with Gasteiger partial charge in [-0.15, -0.1) is 0 Å². The van der Waals surface area contributed by atoms with Crippen LogP contribution in [0, 0.1) is 36.1 Å². The number of anilines is 1. The van der Waals surface area contributed by atoms with Crippen molar-refractivity contribution in [3.63, 3.8) is 0 Å². The number of ether oxygens (including phenoxy) is 5. The number of halogens is 4. The molecule has 562 valence electrons. The van der Waals surface area contributed by atoms with E-state index < -0.39 is 0 Å². The molecule has 0 bridgehead atoms. The molecule has 4 aromatic carbocycles. The Labute approximate surface area is 641 Å². The maximum absolute atomic E-state index is 14.1. The molecule has 4 fully saturated rings. The zero-order valence-electron chi connectivity index (χ0n) is 61.1. The standard InChI is InChI=1S/C20H21FN4OS.C20H23FN4OS.C20H20FN3O3S.C18H18FN5OS/c1-13-8-14-9-15(21)4-6-18(14)25(13)17-11-24(12-17)20(27-3)23-16-5-7-19(26-2)22-10-16;1-26-19-9-8-14(11-22-19)23-20(27-2)24-12-15(13-24)25-10-4-5-16-17(21)6-3-7-18(16)25;1-26-18-6-4-14(8-22-18)23-20(28-2)24-9-12(10-24)19-15-5-3-13(21)7-17(15)27-11-16(19)25;1-25-17-6-4-13(8-20-17)22-18(26-2)23-9-14(10-23)24-11-21-15-7-12(19)3-5-16(15)24/h4-10,17H,11-12H2,1-3H3;3,6-9,11,15H,4-5,10,12-13H2,1-2H3;3-8,12,19H,9-11H2,1-2H3;3-8,11,14H,9-10H2,1-2H3. The van der Waals surface area contributed by atoms with E-state index >= 15 is 0 Å². The van der Waals surface area contributed by atoms with E-state index in [9.17, 15) is 22.4 Å². The number of likely N-dealkylation sites (tertiary alicyclic amines) is 4. The number of nitrogens with zero attached hydrogens (tertiary/aromatic N) is 16. The Morgan fingerprint density at radius 2 is 0.972 bits per heavy atom. The molecule has 0 radical (unpaired) electrons. The summed E-state index contributed by atoms with van der Waals surface area (Å²) in [5.41, 5.74) is 9.75. The van der Waals surface area contributed by atoms with Gasteiger partial charge in [-0.05, 0) is 124 Å². The number of carbonyl (C=O) groups is 1. The van der Waals surface area contributed by atoms with E-state index in [-0.39, 0.29) is 47.5 Å². The predicted molar refractivity (Wildman–Crippen MR) is 425 cm³/mol. The lowest BCUT2D eigenvalue weighted by molar-refractivity contribution is -0.126. The Bertz CT molecular complexity index is 4920. The minimum atomic E-state index is -0.355. The van der Waals surface area contributed by atoms with Gasteiger partial charge in [0.15, 0.2) is 26.5 Å². The van der Waals surface area contributed by atoms with Crippen molar-refractivity contribution in [1.82, 2.24) is 53.7 Å². The second-order valence-electron chi connectivity index (χ2n) is 26.1. The summed E-state index contributed by atoms with van der Waals surface area (Å²) in [6.45, 7) is 9.74. The first kappa shape index (κ1) is 76.2. The molecule has 6 aliphatic rings. The Morgan fingerprint density at radius 1 is 0.509 bits per heavy atom. The number of aryl methyl sites for hydroxylation is 1. The van der Waals surface area contributed by atoms with Crippen molar-refractivity contribution in [3.8, 4) is 29.3 Å². The third-order valence-corrected chi connectivity index (χ3v) is 22.2. The first-order chi connectivity index (χ1) is 52.5. The average Bonchev–Trinajstić information content (AvgIpc) is 1.37. The van der Waals surface area contributed by atoms with Crippen LogP contribution >= 0.6 is 47.0 Å². The molecule has 22 nitrogen and oxygen atoms in total. The van der Waals surface area contributed by atoms with E-state index in [1.165, 1.54) is 30.3 Å². The zero-order chi connectivity index (χ0) is 75.5. The second-order valence-corrected chi connectivity index (χ2v) is 29.2. The SMILES string of the molecule is COc1ccc(N=C(SC)N2CC(C3C(=O)COc4cc(F)ccc43)C2)cn1.COc1ccc(N=C(SC)N2CC(N3CCCc4c(F)cccc43)C2)cn1.COc1ccc(N=C(SC)N2CC(n3c(C)cc4cc(F)ccc43)C2)cn1.COc1ccc(N=C(SC)N2CC(n3cnc4cc(F)ccc43)C2)cn1. The lowest BCUT2D eigenvalue weighted by atomic mass is 9.77. The fourth-order valence-corrected chi connectivity index (χ4v) is 16.3. The molecule has 108 heavy (non-hydrogen) atoms. The molecule has 1 atom stereocenters. The molecule has 1 unspecified atom stereocenters. The van der Waals surface area contributed by atoms with Crippen molar-refractivity contribution in [2.75, 3.05) is 124 Å². The van der Waals surface area contributed by atoms with Crippen LogP contribution in [0.4, 0.5) is 46.0 Å². The predicted octanol–water partition coefficient (Wildman–Crippen LogP) is 14.9. The number of aliphatic imine (C=N–C) groups is 4. The molecule has 4 saturated heterocycles. The molecule has 12 heterocycles. The largest absolute Gasteiger partial charge is 0.485 e. The maximum Gasteiger partial charge on any atom is 0.213 e. The topological polar surface area (TPSA) is 203 Å². The molecular formula is C78H82F4N16O6S4. The van der Waals surface area contributed by atoms with Crippen molar-refractivity contribution in [1.29, 1.82) is 0 Å². The Kier molecular flexibility index (Phi) is 24.6. The van der Waals surface area contributed by atoms with Crippen molar-refractivity contribution in [3.05, 3.63) is 199 Å². The van der Waals surface area contributed by atoms with Gasteiger partial charge in [0.05, 0.1) is 117 Å². The summed E-state index contributed by atoms with van der Waals surface area (Å²) in [4.78, 5) is 63.6. The van der Waals surface area contributed by atoms with Crippen molar-refractivity contribution >= 4 is 124 Å². The van der Waals surface area contributed by atoms with Gasteiger partial charge < -0.3 is 57.3 Å². The fourth-order valence-electron chi connectivity index (χ4n) is 13.8. The normalized spacial score (nSPS) is 17.0. The number of methoxy groups -OCH3 is 4. The van der Waals surface area contributed by atoms with E-state index in [4.69, 9.17) is 33.7 Å². The Morgan fingerprint density at radius 3 is 1.46 bits per heavy atom. The average molecular weight is 1540 g/mol. The molecule has 10 aromatic rings. The van der Waals surface area contributed by atoms with Gasteiger partial charge in [0.2, 0.25) is 23.5 Å². The Balaban J connectivity index is 0.000000127. The summed E-state index contributed by atoms with van der Waals surface area (Å²) >= 11 is 6.42. The van der Waals surface area contributed by atoms with Crippen LogP contribution in [0.1, 0.15) is 41.2 Å². The third-order valence-electron chi connectivity index (χ3n) is 19.4. The number of amidine groups is 4. The number of Topliss-reactive ketones (excluding diaryl/α,β-unsaturated/α-hetero) is 1. The van der Waals surface area contributed by atoms with Gasteiger partial charge in [-0.25, -0.2) is 62.5 Å². The molecule has 0 N–H and O–H groups in total. The number of ketones is 1. The van der Waals surface area contributed by atoms with Crippen molar-refractivity contribution in [2.45, 2.75) is 43.8 Å². The number of hydrogen-bond acceptors (Lipinski definition) is 20. The highest BCUT2D eigenvalue weighted by Gasteiger charge is 2.43. The summed E-state index contributed by atoms with van der Waals surface area (Å²) in [5.74, 6) is 1.82. The number of pyridine rings is 4. The van der Waals surface area contributed by atoms with Crippen LogP contribution in [-0.2, 0) is 11.2 Å². The van der Waals surface area contributed by atoms with Crippen LogP contribution in [0.3, 0.4) is 0 Å². The van der Waals surface area contributed by atoms with Crippen LogP contribution in [0.5, 0.6) is 29.3 Å². The van der Waals surface area contributed by atoms with Gasteiger partial charge in [0, 0.05) is 135 Å². The monoisotopic (exact) mass is 1540 g/mol. The van der Waals surface area contributed by atoms with Gasteiger partial charge in [-0.3, -0.25) is 4.79 Å². The first-order valence-electron chi connectivity index (χ1n) is 34.9. The smallest absolute Gasteiger partial charge is 0.213 e.